The number of pyridine rings is 1. The lowest BCUT2D eigenvalue weighted by Gasteiger charge is -2.33. The SMILES string of the molecule is CC.Cc1ccc(C)c(N2CCC(C)c3nc4ccc(-c5cnn(C)c5)cn4c32)c1. The minimum atomic E-state index is 0.457. The maximum absolute atomic E-state index is 5.00. The molecular weight excluding hydrogens is 370 g/mol. The molecule has 5 heteroatoms. The van der Waals surface area contributed by atoms with Crippen LogP contribution in [0.1, 0.15) is 49.9 Å². The van der Waals surface area contributed by atoms with E-state index in [2.05, 4.69) is 77.9 Å². The van der Waals surface area contributed by atoms with Crippen molar-refractivity contribution in [3.8, 4) is 11.1 Å². The maximum atomic E-state index is 5.00. The van der Waals surface area contributed by atoms with E-state index in [9.17, 15) is 0 Å². The normalized spacial score (nSPS) is 15.7. The van der Waals surface area contributed by atoms with Gasteiger partial charge in [0.15, 0.2) is 0 Å². The fourth-order valence-electron chi connectivity index (χ4n) is 4.20. The smallest absolute Gasteiger partial charge is 0.141 e. The number of hydrogen-bond donors (Lipinski definition) is 0. The Morgan fingerprint density at radius 1 is 1.00 bits per heavy atom. The number of fused-ring (bicyclic) bond motifs is 3. The van der Waals surface area contributed by atoms with Gasteiger partial charge in [0.1, 0.15) is 11.5 Å². The Morgan fingerprint density at radius 2 is 1.80 bits per heavy atom. The summed E-state index contributed by atoms with van der Waals surface area (Å²) in [5.41, 5.74) is 8.32. The van der Waals surface area contributed by atoms with Gasteiger partial charge in [0.2, 0.25) is 0 Å². The van der Waals surface area contributed by atoms with Crippen LogP contribution in [0.15, 0.2) is 48.9 Å². The first kappa shape index (κ1) is 20.2. The molecular formula is C25H31N5. The van der Waals surface area contributed by atoms with Crippen molar-refractivity contribution in [3.05, 3.63) is 65.7 Å². The molecule has 5 nitrogen and oxygen atoms in total. The van der Waals surface area contributed by atoms with E-state index < -0.39 is 0 Å². The summed E-state index contributed by atoms with van der Waals surface area (Å²) in [6.45, 7) is 11.6. The standard InChI is InChI=1S/C23H25N5.C2H6/c1-15-5-6-16(2)20(11-15)27-10-9-17(3)22-23(27)28-14-18(7-8-21(28)25-22)19-12-24-26(4)13-19;1-2/h5-8,11-14,17H,9-10H2,1-4H3;1-2H3. The van der Waals surface area contributed by atoms with Crippen molar-refractivity contribution in [3.63, 3.8) is 0 Å². The number of hydrogen-bond acceptors (Lipinski definition) is 3. The van der Waals surface area contributed by atoms with Crippen molar-refractivity contribution in [2.45, 2.75) is 47.0 Å². The zero-order valence-corrected chi connectivity index (χ0v) is 18.8. The van der Waals surface area contributed by atoms with E-state index in [4.69, 9.17) is 4.98 Å². The lowest BCUT2D eigenvalue weighted by molar-refractivity contribution is 0.631. The summed E-state index contributed by atoms with van der Waals surface area (Å²) in [6.07, 6.45) is 7.28. The van der Waals surface area contributed by atoms with Crippen LogP contribution < -0.4 is 4.90 Å². The van der Waals surface area contributed by atoms with E-state index >= 15 is 0 Å². The van der Waals surface area contributed by atoms with Gasteiger partial charge in [-0.1, -0.05) is 32.9 Å². The highest BCUT2D eigenvalue weighted by atomic mass is 15.3. The minimum absolute atomic E-state index is 0.457. The highest BCUT2D eigenvalue weighted by Gasteiger charge is 2.29. The van der Waals surface area contributed by atoms with Crippen molar-refractivity contribution in [1.82, 2.24) is 19.2 Å². The Hall–Kier alpha value is -3.08. The molecule has 1 unspecified atom stereocenters. The minimum Gasteiger partial charge on any atom is -0.326 e. The number of aryl methyl sites for hydroxylation is 3. The summed E-state index contributed by atoms with van der Waals surface area (Å²) in [6, 6.07) is 10.9. The van der Waals surface area contributed by atoms with Crippen molar-refractivity contribution in [2.75, 3.05) is 11.4 Å². The van der Waals surface area contributed by atoms with E-state index in [1.165, 1.54) is 28.3 Å². The van der Waals surface area contributed by atoms with Crippen LogP contribution in [0.25, 0.3) is 16.8 Å². The van der Waals surface area contributed by atoms with Crippen LogP contribution in [0.2, 0.25) is 0 Å². The molecule has 1 atom stereocenters. The molecule has 0 aliphatic carbocycles. The first-order valence-corrected chi connectivity index (χ1v) is 10.9. The van der Waals surface area contributed by atoms with E-state index in [0.717, 1.165) is 29.7 Å². The molecule has 1 aliphatic heterocycles. The molecule has 0 saturated carbocycles. The zero-order chi connectivity index (χ0) is 21.4. The number of imidazole rings is 1. The molecule has 4 heterocycles. The van der Waals surface area contributed by atoms with Gasteiger partial charge >= 0.3 is 0 Å². The zero-order valence-electron chi connectivity index (χ0n) is 18.8. The molecule has 0 bridgehead atoms. The van der Waals surface area contributed by atoms with Gasteiger partial charge in [0.05, 0.1) is 11.9 Å². The molecule has 0 fully saturated rings. The quantitative estimate of drug-likeness (QED) is 0.412. The first-order valence-electron chi connectivity index (χ1n) is 10.9. The maximum Gasteiger partial charge on any atom is 0.141 e. The van der Waals surface area contributed by atoms with Crippen molar-refractivity contribution in [2.24, 2.45) is 7.05 Å². The summed E-state index contributed by atoms with van der Waals surface area (Å²) in [4.78, 5) is 7.45. The molecule has 30 heavy (non-hydrogen) atoms. The van der Waals surface area contributed by atoms with Gasteiger partial charge < -0.3 is 4.90 Å². The first-order chi connectivity index (χ1) is 14.5. The Bertz CT molecular complexity index is 1180. The van der Waals surface area contributed by atoms with Crippen LogP contribution in [0, 0.1) is 13.8 Å². The van der Waals surface area contributed by atoms with Gasteiger partial charge in [-0.3, -0.25) is 9.08 Å². The highest BCUT2D eigenvalue weighted by molar-refractivity contribution is 5.73. The summed E-state index contributed by atoms with van der Waals surface area (Å²) >= 11 is 0. The van der Waals surface area contributed by atoms with Crippen LogP contribution >= 0.6 is 0 Å². The van der Waals surface area contributed by atoms with Crippen molar-refractivity contribution < 1.29 is 0 Å². The van der Waals surface area contributed by atoms with Gasteiger partial charge in [-0.25, -0.2) is 4.98 Å². The fraction of sp³-hybridized carbons (Fsp3) is 0.360. The molecule has 0 spiro atoms. The molecule has 4 aromatic rings. The second-order valence-corrected chi connectivity index (χ2v) is 8.00. The van der Waals surface area contributed by atoms with Gasteiger partial charge in [0, 0.05) is 48.7 Å². The number of anilines is 2. The Kier molecular flexibility index (Phi) is 5.37. The van der Waals surface area contributed by atoms with E-state index in [-0.39, 0.29) is 0 Å². The summed E-state index contributed by atoms with van der Waals surface area (Å²) < 4.78 is 4.10. The summed E-state index contributed by atoms with van der Waals surface area (Å²) in [7, 11) is 1.95. The van der Waals surface area contributed by atoms with Crippen molar-refractivity contribution >= 4 is 17.2 Å². The third-order valence-electron chi connectivity index (χ3n) is 5.82. The fourth-order valence-corrected chi connectivity index (χ4v) is 4.20. The number of aromatic nitrogens is 4. The molecule has 0 radical (unpaired) electrons. The van der Waals surface area contributed by atoms with Crippen LogP contribution in [0.3, 0.4) is 0 Å². The van der Waals surface area contributed by atoms with Crippen LogP contribution in [0.4, 0.5) is 11.5 Å². The third-order valence-corrected chi connectivity index (χ3v) is 5.82. The molecule has 1 aliphatic rings. The van der Waals surface area contributed by atoms with Crippen LogP contribution in [0.5, 0.6) is 0 Å². The lowest BCUT2D eigenvalue weighted by atomic mass is 9.98. The lowest BCUT2D eigenvalue weighted by Crippen LogP contribution is -2.27. The third kappa shape index (κ3) is 3.38. The van der Waals surface area contributed by atoms with E-state index in [1.807, 2.05) is 31.8 Å². The second-order valence-electron chi connectivity index (χ2n) is 8.00. The van der Waals surface area contributed by atoms with Crippen LogP contribution in [-0.4, -0.2) is 25.7 Å². The largest absolute Gasteiger partial charge is 0.326 e. The molecule has 156 valence electrons. The predicted molar refractivity (Wildman–Crippen MR) is 125 cm³/mol. The molecule has 5 rings (SSSR count). The number of benzene rings is 1. The van der Waals surface area contributed by atoms with Gasteiger partial charge in [-0.2, -0.15) is 5.10 Å². The van der Waals surface area contributed by atoms with Gasteiger partial charge in [-0.15, -0.1) is 0 Å². The molecule has 1 aromatic carbocycles. The van der Waals surface area contributed by atoms with Gasteiger partial charge in [-0.05, 0) is 49.6 Å². The monoisotopic (exact) mass is 401 g/mol. The second kappa shape index (κ2) is 7.98. The average Bonchev–Trinajstić information content (AvgIpc) is 3.36. The summed E-state index contributed by atoms with van der Waals surface area (Å²) in [5, 5.41) is 4.33. The predicted octanol–water partition coefficient (Wildman–Crippen LogP) is 6.02. The Morgan fingerprint density at radius 3 is 2.53 bits per heavy atom. The highest BCUT2D eigenvalue weighted by Crippen LogP contribution is 2.41. The number of rotatable bonds is 2. The average molecular weight is 402 g/mol. The number of nitrogens with zero attached hydrogens (tertiary/aromatic N) is 5. The van der Waals surface area contributed by atoms with Gasteiger partial charge in [0.25, 0.3) is 0 Å². The van der Waals surface area contributed by atoms with Crippen LogP contribution in [-0.2, 0) is 7.05 Å². The molecule has 0 N–H and O–H groups in total. The Labute approximate surface area is 179 Å². The molecule has 3 aromatic heterocycles. The Balaban J connectivity index is 0.00000106. The van der Waals surface area contributed by atoms with Crippen molar-refractivity contribution in [1.29, 1.82) is 0 Å². The molecule has 0 amide bonds. The van der Waals surface area contributed by atoms with E-state index in [0.29, 0.717) is 5.92 Å². The van der Waals surface area contributed by atoms with E-state index in [1.54, 1.807) is 0 Å². The molecule has 0 saturated heterocycles. The topological polar surface area (TPSA) is 38.4 Å². The summed E-state index contributed by atoms with van der Waals surface area (Å²) in [5.74, 6) is 1.66.